The molecular weight excluding hydrogens is 260 g/mol. The van der Waals surface area contributed by atoms with E-state index in [1.165, 1.54) is 0 Å². The van der Waals surface area contributed by atoms with Gasteiger partial charge in [0.15, 0.2) is 0 Å². The molecule has 0 radical (unpaired) electrons. The van der Waals surface area contributed by atoms with E-state index >= 15 is 0 Å². The zero-order chi connectivity index (χ0) is 13.9. The lowest BCUT2D eigenvalue weighted by molar-refractivity contribution is -0.0136. The number of nitrogens with zero attached hydrogens (tertiary/aromatic N) is 1. The van der Waals surface area contributed by atoms with Gasteiger partial charge in [-0.25, -0.2) is 4.79 Å². The normalized spacial score (nSPS) is 31.0. The van der Waals surface area contributed by atoms with E-state index < -0.39 is 0 Å². The molecule has 4 nitrogen and oxygen atoms in total. The van der Waals surface area contributed by atoms with Gasteiger partial charge in [0.25, 0.3) is 0 Å². The van der Waals surface area contributed by atoms with E-state index in [4.69, 9.17) is 4.74 Å². The van der Waals surface area contributed by atoms with Crippen LogP contribution in [0.4, 0.5) is 4.79 Å². The van der Waals surface area contributed by atoms with Gasteiger partial charge in [0.05, 0.1) is 11.7 Å². The minimum absolute atomic E-state index is 0.0259. The fourth-order valence-electron chi connectivity index (χ4n) is 2.72. The average molecular weight is 286 g/mol. The van der Waals surface area contributed by atoms with Crippen molar-refractivity contribution in [2.45, 2.75) is 57.8 Å². The third kappa shape index (κ3) is 4.28. The number of amides is 2. The van der Waals surface area contributed by atoms with E-state index in [0.717, 1.165) is 37.3 Å². The number of carbonyl (C=O) groups excluding carboxylic acids is 1. The van der Waals surface area contributed by atoms with Crippen molar-refractivity contribution in [3.05, 3.63) is 0 Å². The first-order valence-electron chi connectivity index (χ1n) is 7.28. The number of hydrogen-bond acceptors (Lipinski definition) is 3. The summed E-state index contributed by atoms with van der Waals surface area (Å²) in [6, 6.07) is 0.416. The summed E-state index contributed by atoms with van der Waals surface area (Å²) in [6.07, 6.45) is 3.38. The topological polar surface area (TPSA) is 41.6 Å². The lowest BCUT2D eigenvalue weighted by Gasteiger charge is -2.28. The molecule has 0 aliphatic carbocycles. The fraction of sp³-hybridized carbons (Fsp3) is 0.929. The lowest BCUT2D eigenvalue weighted by Crippen LogP contribution is -2.47. The van der Waals surface area contributed by atoms with E-state index in [-0.39, 0.29) is 17.7 Å². The van der Waals surface area contributed by atoms with Crippen LogP contribution in [0, 0.1) is 0 Å². The van der Waals surface area contributed by atoms with E-state index in [1.807, 2.05) is 16.7 Å². The van der Waals surface area contributed by atoms with Crippen LogP contribution in [0.2, 0.25) is 0 Å². The van der Waals surface area contributed by atoms with Crippen molar-refractivity contribution >= 4 is 17.8 Å². The van der Waals surface area contributed by atoms with Crippen LogP contribution in [-0.4, -0.2) is 53.3 Å². The summed E-state index contributed by atoms with van der Waals surface area (Å²) in [5, 5.41) is 3.04. The smallest absolute Gasteiger partial charge is 0.317 e. The van der Waals surface area contributed by atoms with Crippen molar-refractivity contribution in [3.63, 3.8) is 0 Å². The average Bonchev–Trinajstić information content (AvgIpc) is 2.56. The van der Waals surface area contributed by atoms with Crippen LogP contribution in [0.3, 0.4) is 0 Å². The third-order valence-electron chi connectivity index (χ3n) is 3.98. The number of urea groups is 1. The number of thioether (sulfide) groups is 1. The monoisotopic (exact) mass is 286 g/mol. The molecular formula is C14H26N2O2S. The predicted octanol–water partition coefficient (Wildman–Crippen LogP) is 2.48. The van der Waals surface area contributed by atoms with E-state index in [9.17, 15) is 4.79 Å². The molecule has 2 amide bonds. The van der Waals surface area contributed by atoms with Crippen LogP contribution in [0.1, 0.15) is 40.0 Å². The van der Waals surface area contributed by atoms with E-state index in [0.29, 0.717) is 12.6 Å². The van der Waals surface area contributed by atoms with Gasteiger partial charge < -0.3 is 15.0 Å². The third-order valence-corrected chi connectivity index (χ3v) is 4.98. The second-order valence-corrected chi connectivity index (χ2v) is 7.39. The molecule has 110 valence electrons. The summed E-state index contributed by atoms with van der Waals surface area (Å²) in [5.74, 6) is 2.20. The van der Waals surface area contributed by atoms with Gasteiger partial charge >= 0.3 is 6.03 Å². The van der Waals surface area contributed by atoms with Crippen molar-refractivity contribution in [2.24, 2.45) is 0 Å². The van der Waals surface area contributed by atoms with Crippen LogP contribution < -0.4 is 5.32 Å². The Bertz CT molecular complexity index is 323. The highest BCUT2D eigenvalue weighted by molar-refractivity contribution is 7.99. The van der Waals surface area contributed by atoms with Crippen molar-refractivity contribution in [3.8, 4) is 0 Å². The van der Waals surface area contributed by atoms with Gasteiger partial charge in [-0.1, -0.05) is 0 Å². The molecule has 2 rings (SSSR count). The SMILES string of the molecule is C[C@H]1CCSCCN1C(=O)NC[C@H]1CCC(C)(C)O1. The molecule has 0 aromatic heterocycles. The predicted molar refractivity (Wildman–Crippen MR) is 79.7 cm³/mol. The first-order valence-corrected chi connectivity index (χ1v) is 8.43. The number of nitrogens with one attached hydrogen (secondary N) is 1. The van der Waals surface area contributed by atoms with Gasteiger partial charge in [-0.15, -0.1) is 0 Å². The minimum Gasteiger partial charge on any atom is -0.371 e. The summed E-state index contributed by atoms with van der Waals surface area (Å²) >= 11 is 1.94. The zero-order valence-electron chi connectivity index (χ0n) is 12.3. The molecule has 2 aliphatic rings. The number of carbonyl (C=O) groups is 1. The van der Waals surface area contributed by atoms with E-state index in [2.05, 4.69) is 26.1 Å². The fourth-order valence-corrected chi connectivity index (χ4v) is 3.76. The molecule has 0 bridgehead atoms. The highest BCUT2D eigenvalue weighted by Crippen LogP contribution is 2.28. The molecule has 2 atom stereocenters. The summed E-state index contributed by atoms with van der Waals surface area (Å²) in [4.78, 5) is 14.2. The molecule has 2 heterocycles. The molecule has 0 aromatic rings. The molecule has 2 aliphatic heterocycles. The minimum atomic E-state index is -0.0259. The molecule has 19 heavy (non-hydrogen) atoms. The number of hydrogen-bond donors (Lipinski definition) is 1. The Labute approximate surface area is 120 Å². The summed E-state index contributed by atoms with van der Waals surface area (Å²) in [7, 11) is 0. The Hall–Kier alpha value is -0.420. The van der Waals surface area contributed by atoms with Crippen LogP contribution >= 0.6 is 11.8 Å². The van der Waals surface area contributed by atoms with Gasteiger partial charge in [-0.05, 0) is 45.8 Å². The lowest BCUT2D eigenvalue weighted by atomic mass is 10.1. The van der Waals surface area contributed by atoms with Crippen LogP contribution in [0.25, 0.3) is 0 Å². The van der Waals surface area contributed by atoms with Gasteiger partial charge in [-0.3, -0.25) is 0 Å². The van der Waals surface area contributed by atoms with Gasteiger partial charge in [-0.2, -0.15) is 11.8 Å². The number of rotatable bonds is 2. The van der Waals surface area contributed by atoms with Crippen molar-refractivity contribution in [1.82, 2.24) is 10.2 Å². The Morgan fingerprint density at radius 3 is 2.89 bits per heavy atom. The maximum absolute atomic E-state index is 12.2. The van der Waals surface area contributed by atoms with Crippen LogP contribution in [-0.2, 0) is 4.74 Å². The Morgan fingerprint density at radius 2 is 2.21 bits per heavy atom. The molecule has 0 spiro atoms. The highest BCUT2D eigenvalue weighted by Gasteiger charge is 2.32. The zero-order valence-corrected chi connectivity index (χ0v) is 13.1. The summed E-state index contributed by atoms with van der Waals surface area (Å²) in [6.45, 7) is 7.86. The Morgan fingerprint density at radius 1 is 1.42 bits per heavy atom. The van der Waals surface area contributed by atoms with Crippen LogP contribution in [0.5, 0.6) is 0 Å². The standard InChI is InChI=1S/C14H26N2O2S/c1-11-5-8-19-9-7-16(11)13(17)15-10-12-4-6-14(2,3)18-12/h11-12H,4-10H2,1-3H3,(H,15,17)/t11-,12+/m0/s1. The highest BCUT2D eigenvalue weighted by atomic mass is 32.2. The second kappa shape index (κ2) is 6.35. The largest absolute Gasteiger partial charge is 0.371 e. The van der Waals surface area contributed by atoms with Crippen molar-refractivity contribution in [2.75, 3.05) is 24.6 Å². The molecule has 1 N–H and O–H groups in total. The van der Waals surface area contributed by atoms with Crippen molar-refractivity contribution in [1.29, 1.82) is 0 Å². The molecule has 0 saturated carbocycles. The summed E-state index contributed by atoms with van der Waals surface area (Å²) in [5.41, 5.74) is -0.0259. The molecule has 0 unspecified atom stereocenters. The molecule has 0 aromatic carbocycles. The van der Waals surface area contributed by atoms with Crippen molar-refractivity contribution < 1.29 is 9.53 Å². The maximum atomic E-state index is 12.2. The molecule has 2 fully saturated rings. The maximum Gasteiger partial charge on any atom is 0.317 e. The first kappa shape index (κ1) is 15.0. The molecule has 2 saturated heterocycles. The Kier molecular flexibility index (Phi) is 5.01. The first-order chi connectivity index (χ1) is 8.98. The van der Waals surface area contributed by atoms with Crippen LogP contribution in [0.15, 0.2) is 0 Å². The van der Waals surface area contributed by atoms with Gasteiger partial charge in [0.1, 0.15) is 0 Å². The number of ether oxygens (including phenoxy) is 1. The van der Waals surface area contributed by atoms with E-state index in [1.54, 1.807) is 0 Å². The Balaban J connectivity index is 1.77. The quantitative estimate of drug-likeness (QED) is 0.848. The second-order valence-electron chi connectivity index (χ2n) is 6.17. The molecule has 5 heteroatoms. The van der Waals surface area contributed by atoms with Gasteiger partial charge in [0.2, 0.25) is 0 Å². The van der Waals surface area contributed by atoms with Gasteiger partial charge in [0, 0.05) is 24.9 Å². The summed E-state index contributed by atoms with van der Waals surface area (Å²) < 4.78 is 5.90.